The molecule has 2 aromatic heterocycles. The molecule has 37 heavy (non-hydrogen) atoms. The van der Waals surface area contributed by atoms with Crippen molar-refractivity contribution >= 4 is 34.4 Å². The van der Waals surface area contributed by atoms with E-state index in [4.69, 9.17) is 22.8 Å². The van der Waals surface area contributed by atoms with Crippen molar-refractivity contribution < 1.29 is 9.53 Å². The number of rotatable bonds is 1. The number of halogens is 1. The summed E-state index contributed by atoms with van der Waals surface area (Å²) in [5.41, 5.74) is 0.222. The van der Waals surface area contributed by atoms with Crippen LogP contribution in [0.3, 0.4) is 0 Å². The lowest BCUT2D eigenvalue weighted by atomic mass is 10.2. The second kappa shape index (κ2) is 14.6. The summed E-state index contributed by atoms with van der Waals surface area (Å²) in [7, 11) is 0. The third kappa shape index (κ3) is 10.2. The molecule has 0 aliphatic carbocycles. The molecule has 1 amide bonds. The van der Waals surface area contributed by atoms with Gasteiger partial charge in [0.2, 0.25) is 5.28 Å². The first-order valence-corrected chi connectivity index (χ1v) is 11.5. The molecule has 1 fully saturated rings. The molecule has 0 aromatic carbocycles. The lowest BCUT2D eigenvalue weighted by Crippen LogP contribution is -2.50. The van der Waals surface area contributed by atoms with Gasteiger partial charge in [-0.05, 0) is 105 Å². The Morgan fingerprint density at radius 2 is 1.57 bits per heavy atom. The summed E-state index contributed by atoms with van der Waals surface area (Å²) in [6.45, 7) is 9.76. The Morgan fingerprint density at radius 1 is 0.973 bits per heavy atom. The van der Waals surface area contributed by atoms with Crippen molar-refractivity contribution in [2.24, 2.45) is 0 Å². The van der Waals surface area contributed by atoms with E-state index in [-0.39, 0.29) is 11.4 Å². The molecule has 0 N–H and O–H groups in total. The Morgan fingerprint density at radius 3 is 2.14 bits per heavy atom. The normalized spacial score (nSPS) is 11.5. The number of piperazine rings is 1. The number of nitrogens with zero attached hydrogens (tertiary/aromatic N) is 5. The minimum atomic E-state index is -0.488. The second-order valence-electron chi connectivity index (χ2n) is 8.18. The average molecular weight is 510 g/mol. The predicted molar refractivity (Wildman–Crippen MR) is 146 cm³/mol. The molecule has 0 radical (unpaired) electrons. The summed E-state index contributed by atoms with van der Waals surface area (Å²) in [5, 5.41) is 1.10. The monoisotopic (exact) mass is 509 g/mol. The summed E-state index contributed by atoms with van der Waals surface area (Å²) in [6.07, 6.45) is 7.96. The van der Waals surface area contributed by atoms with Crippen molar-refractivity contribution in [1.29, 1.82) is 0 Å². The summed E-state index contributed by atoms with van der Waals surface area (Å²) in [4.78, 5) is 28.6. The van der Waals surface area contributed by atoms with E-state index < -0.39 is 5.60 Å². The van der Waals surface area contributed by atoms with E-state index in [1.807, 2.05) is 26.8 Å². The molecule has 184 valence electrons. The zero-order valence-corrected chi connectivity index (χ0v) is 21.8. The van der Waals surface area contributed by atoms with Gasteiger partial charge < -0.3 is 14.5 Å². The van der Waals surface area contributed by atoms with Crippen LogP contribution in [0.4, 0.5) is 10.6 Å². The first kappa shape index (κ1) is 28.4. The van der Waals surface area contributed by atoms with Crippen molar-refractivity contribution in [1.82, 2.24) is 19.9 Å². The van der Waals surface area contributed by atoms with E-state index in [9.17, 15) is 4.79 Å². The van der Waals surface area contributed by atoms with Crippen LogP contribution in [0.15, 0.2) is 18.5 Å². The van der Waals surface area contributed by atoms with Gasteiger partial charge in [0.15, 0.2) is 0 Å². The van der Waals surface area contributed by atoms with Crippen LogP contribution in [0, 0.1) is 71.5 Å². The lowest BCUT2D eigenvalue weighted by Gasteiger charge is -2.36. The van der Waals surface area contributed by atoms with Gasteiger partial charge in [-0.2, -0.15) is 4.98 Å². The van der Waals surface area contributed by atoms with Gasteiger partial charge in [-0.3, -0.25) is 4.98 Å². The minimum Gasteiger partial charge on any atom is -0.444 e. The number of amides is 1. The van der Waals surface area contributed by atoms with Gasteiger partial charge in [-0.15, -0.1) is 6.42 Å². The number of hydrogen-bond donors (Lipinski definition) is 0. The highest BCUT2D eigenvalue weighted by molar-refractivity contribution is 6.28. The molecule has 8 heteroatoms. The van der Waals surface area contributed by atoms with E-state index in [2.05, 4.69) is 85.0 Å². The Kier molecular flexibility index (Phi) is 11.2. The maximum Gasteiger partial charge on any atom is 0.410 e. The fourth-order valence-electron chi connectivity index (χ4n) is 2.92. The zero-order valence-electron chi connectivity index (χ0n) is 21.1. The summed E-state index contributed by atoms with van der Waals surface area (Å²) in [6, 6.07) is 1.88. The second-order valence-corrected chi connectivity index (χ2v) is 8.52. The maximum atomic E-state index is 12.2. The largest absolute Gasteiger partial charge is 0.444 e. The van der Waals surface area contributed by atoms with E-state index in [0.717, 1.165) is 11.2 Å². The number of pyridine rings is 1. The molecule has 0 atom stereocenters. The van der Waals surface area contributed by atoms with E-state index in [1.54, 1.807) is 24.2 Å². The van der Waals surface area contributed by atoms with Crippen LogP contribution in [-0.4, -0.2) is 57.7 Å². The van der Waals surface area contributed by atoms with E-state index in [1.165, 1.54) is 0 Å². The smallest absolute Gasteiger partial charge is 0.410 e. The Hall–Kier alpha value is -4.79. The van der Waals surface area contributed by atoms with Crippen LogP contribution < -0.4 is 4.90 Å². The van der Waals surface area contributed by atoms with Crippen LogP contribution in [0.1, 0.15) is 27.7 Å². The third-order valence-corrected chi connectivity index (χ3v) is 4.55. The van der Waals surface area contributed by atoms with Gasteiger partial charge in [0.1, 0.15) is 11.4 Å². The molecule has 1 saturated heterocycles. The van der Waals surface area contributed by atoms with Crippen molar-refractivity contribution in [3.8, 4) is 71.5 Å². The standard InChI is InChI=1S/C16H20ClN5O2.C13H4/c1-16(2,3)24-15(23)22-8-6-21(7-9-22)13-11-4-5-18-10-12(11)19-14(17)20-13;1-3-5-7-9-11-13-12-10-8-6-4-2/h4-5,10H,6-9H2,1-3H3;1H,2H3. The fraction of sp³-hybridized carbons (Fsp3) is 0.310. The lowest BCUT2D eigenvalue weighted by molar-refractivity contribution is 0.0240. The number of carbonyl (C=O) groups excluding carboxylic acids is 1. The van der Waals surface area contributed by atoms with Crippen LogP contribution >= 0.6 is 11.6 Å². The molecule has 3 rings (SSSR count). The number of terminal acetylenes is 1. The van der Waals surface area contributed by atoms with Crippen LogP contribution in [0.2, 0.25) is 5.28 Å². The van der Waals surface area contributed by atoms with Crippen molar-refractivity contribution in [2.75, 3.05) is 31.1 Å². The van der Waals surface area contributed by atoms with Crippen molar-refractivity contribution in [3.63, 3.8) is 0 Å². The quantitative estimate of drug-likeness (QED) is 0.433. The molecule has 3 heterocycles. The number of anilines is 1. The molecular formula is C29H24ClN5O2. The highest BCUT2D eigenvalue weighted by atomic mass is 35.5. The number of fused-ring (bicyclic) bond motifs is 1. The molecule has 2 aromatic rings. The Labute approximate surface area is 223 Å². The van der Waals surface area contributed by atoms with Gasteiger partial charge in [0, 0.05) is 37.8 Å². The summed E-state index contributed by atoms with van der Waals surface area (Å²) >= 11 is 6.03. The highest BCUT2D eigenvalue weighted by Crippen LogP contribution is 2.25. The van der Waals surface area contributed by atoms with E-state index >= 15 is 0 Å². The molecule has 7 nitrogen and oxygen atoms in total. The van der Waals surface area contributed by atoms with E-state index in [0.29, 0.717) is 31.7 Å². The molecule has 0 unspecified atom stereocenters. The van der Waals surface area contributed by atoms with Gasteiger partial charge in [0.25, 0.3) is 0 Å². The molecule has 0 spiro atoms. The topological polar surface area (TPSA) is 71.5 Å². The Bertz CT molecular complexity index is 1490. The Balaban J connectivity index is 0.000000317. The van der Waals surface area contributed by atoms with Gasteiger partial charge in [0.05, 0.1) is 11.7 Å². The third-order valence-electron chi connectivity index (χ3n) is 4.38. The number of hydrogen-bond acceptors (Lipinski definition) is 6. The van der Waals surface area contributed by atoms with Crippen molar-refractivity contribution in [2.45, 2.75) is 33.3 Å². The summed E-state index contributed by atoms with van der Waals surface area (Å²) in [5.74, 6) is 27.7. The van der Waals surface area contributed by atoms with Gasteiger partial charge >= 0.3 is 6.09 Å². The van der Waals surface area contributed by atoms with Crippen LogP contribution in [0.5, 0.6) is 0 Å². The first-order chi connectivity index (χ1) is 17.7. The summed E-state index contributed by atoms with van der Waals surface area (Å²) < 4.78 is 5.42. The van der Waals surface area contributed by atoms with Crippen LogP contribution in [-0.2, 0) is 4.74 Å². The highest BCUT2D eigenvalue weighted by Gasteiger charge is 2.27. The zero-order chi connectivity index (χ0) is 27.1. The van der Waals surface area contributed by atoms with Gasteiger partial charge in [-0.25, -0.2) is 9.78 Å². The molecule has 0 bridgehead atoms. The number of ether oxygens (including phenoxy) is 1. The molecule has 1 aliphatic rings. The molecule has 1 aliphatic heterocycles. The molecule has 0 saturated carbocycles. The SMILES string of the molecule is C#CC#CC#CC#CC#CC#CC.CC(C)(C)OC(=O)N1CCN(c2nc(Cl)nc3cnccc23)CC1. The number of aromatic nitrogens is 3. The molecular weight excluding hydrogens is 486 g/mol. The number of carbonyl (C=O) groups is 1. The van der Waals surface area contributed by atoms with Gasteiger partial charge in [-0.1, -0.05) is 5.92 Å². The first-order valence-electron chi connectivity index (χ1n) is 11.1. The van der Waals surface area contributed by atoms with Crippen molar-refractivity contribution in [3.05, 3.63) is 23.7 Å². The minimum absolute atomic E-state index is 0.195. The van der Waals surface area contributed by atoms with Crippen LogP contribution in [0.25, 0.3) is 10.9 Å². The maximum absolute atomic E-state index is 12.2. The fourth-order valence-corrected chi connectivity index (χ4v) is 3.09. The average Bonchev–Trinajstić information content (AvgIpc) is 2.87. The predicted octanol–water partition coefficient (Wildman–Crippen LogP) is 3.39.